The van der Waals surface area contributed by atoms with Gasteiger partial charge in [0, 0.05) is 18.7 Å². The van der Waals surface area contributed by atoms with E-state index >= 15 is 0 Å². The molecule has 0 radical (unpaired) electrons. The first-order valence-corrected chi connectivity index (χ1v) is 10.2. The van der Waals surface area contributed by atoms with Crippen LogP contribution in [0.5, 0.6) is 0 Å². The van der Waals surface area contributed by atoms with Crippen LogP contribution >= 0.6 is 11.6 Å². The molecule has 0 saturated carbocycles. The van der Waals surface area contributed by atoms with E-state index in [2.05, 4.69) is 32.5 Å². The third-order valence-corrected chi connectivity index (χ3v) is 5.69. The molecule has 29 heavy (non-hydrogen) atoms. The van der Waals surface area contributed by atoms with Gasteiger partial charge in [-0.25, -0.2) is 9.97 Å². The van der Waals surface area contributed by atoms with Gasteiger partial charge in [-0.15, -0.1) is 0 Å². The number of nitrogens with zero attached hydrogens (tertiary/aromatic N) is 3. The number of H-pyrrole nitrogens is 1. The van der Waals surface area contributed by atoms with E-state index < -0.39 is 0 Å². The predicted molar refractivity (Wildman–Crippen MR) is 116 cm³/mol. The molecule has 2 aromatic heterocycles. The van der Waals surface area contributed by atoms with E-state index in [0.717, 1.165) is 54.1 Å². The van der Waals surface area contributed by atoms with Crippen molar-refractivity contribution in [2.24, 2.45) is 0 Å². The van der Waals surface area contributed by atoms with E-state index in [9.17, 15) is 4.79 Å². The van der Waals surface area contributed by atoms with Gasteiger partial charge in [0.15, 0.2) is 5.65 Å². The molecule has 1 saturated heterocycles. The van der Waals surface area contributed by atoms with Crippen molar-refractivity contribution in [3.63, 3.8) is 0 Å². The SMILES string of the molecule is CNC(=O)Cc1ccc(-c2nc3c(NC4CCN(C)CC4)c(Cl)cnc3[nH]2)cc1. The minimum Gasteiger partial charge on any atom is -0.379 e. The number of pyridine rings is 1. The smallest absolute Gasteiger partial charge is 0.224 e. The number of carbonyl (C=O) groups excluding carboxylic acids is 1. The zero-order valence-electron chi connectivity index (χ0n) is 16.6. The highest BCUT2D eigenvalue weighted by atomic mass is 35.5. The summed E-state index contributed by atoms with van der Waals surface area (Å²) in [5.41, 5.74) is 4.18. The molecule has 3 N–H and O–H groups in total. The Hall–Kier alpha value is -2.64. The fourth-order valence-corrected chi connectivity index (χ4v) is 3.81. The van der Waals surface area contributed by atoms with Crippen LogP contribution < -0.4 is 10.6 Å². The monoisotopic (exact) mass is 412 g/mol. The van der Waals surface area contributed by atoms with Crippen molar-refractivity contribution in [1.29, 1.82) is 0 Å². The zero-order valence-corrected chi connectivity index (χ0v) is 17.4. The van der Waals surface area contributed by atoms with Gasteiger partial charge < -0.3 is 20.5 Å². The number of piperidine rings is 1. The van der Waals surface area contributed by atoms with Crippen LogP contribution in [-0.2, 0) is 11.2 Å². The number of nitrogens with one attached hydrogen (secondary N) is 3. The van der Waals surface area contributed by atoms with E-state index in [1.807, 2.05) is 24.3 Å². The maximum atomic E-state index is 11.5. The van der Waals surface area contributed by atoms with Crippen molar-refractivity contribution in [2.75, 3.05) is 32.5 Å². The fourth-order valence-electron chi connectivity index (χ4n) is 3.62. The predicted octanol–water partition coefficient (Wildman–Crippen LogP) is 3.07. The number of imidazole rings is 1. The quantitative estimate of drug-likeness (QED) is 0.599. The Bertz CT molecular complexity index is 1010. The summed E-state index contributed by atoms with van der Waals surface area (Å²) in [6.07, 6.45) is 4.16. The number of likely N-dealkylation sites (N-methyl/N-ethyl adjacent to an activating group) is 1. The first-order chi connectivity index (χ1) is 14.0. The number of aromatic amines is 1. The number of hydrogen-bond donors (Lipinski definition) is 3. The van der Waals surface area contributed by atoms with Gasteiger partial charge in [0.2, 0.25) is 5.91 Å². The molecule has 0 bridgehead atoms. The molecule has 4 rings (SSSR count). The summed E-state index contributed by atoms with van der Waals surface area (Å²) in [6, 6.07) is 8.17. The van der Waals surface area contributed by atoms with Gasteiger partial charge in [0.25, 0.3) is 0 Å². The zero-order chi connectivity index (χ0) is 20.4. The summed E-state index contributed by atoms with van der Waals surface area (Å²) in [7, 11) is 3.79. The van der Waals surface area contributed by atoms with E-state index in [4.69, 9.17) is 16.6 Å². The van der Waals surface area contributed by atoms with Gasteiger partial charge in [0.1, 0.15) is 11.3 Å². The molecule has 1 aliphatic rings. The molecule has 1 aromatic carbocycles. The first kappa shape index (κ1) is 19.7. The highest BCUT2D eigenvalue weighted by Gasteiger charge is 2.20. The highest BCUT2D eigenvalue weighted by Crippen LogP contribution is 2.32. The molecule has 1 aliphatic heterocycles. The average molecular weight is 413 g/mol. The second-order valence-electron chi connectivity index (χ2n) is 7.53. The summed E-state index contributed by atoms with van der Waals surface area (Å²) in [6.45, 7) is 2.13. The standard InChI is InChI=1S/C21H25ClN6O/c1-23-17(29)11-13-3-5-14(6-4-13)20-26-19-18(16(22)12-24-21(19)27-20)25-15-7-9-28(2)10-8-15/h3-6,12,15H,7-11H2,1-2H3,(H,23,29)(H2,24,25,26,27). The fraction of sp³-hybridized carbons (Fsp3) is 0.381. The molecule has 152 valence electrons. The van der Waals surface area contributed by atoms with Crippen LogP contribution in [0.4, 0.5) is 5.69 Å². The van der Waals surface area contributed by atoms with Gasteiger partial charge in [-0.3, -0.25) is 4.79 Å². The minimum atomic E-state index is -0.00930. The highest BCUT2D eigenvalue weighted by molar-refractivity contribution is 6.34. The molecular formula is C21H25ClN6O. The van der Waals surface area contributed by atoms with Gasteiger partial charge in [-0.1, -0.05) is 35.9 Å². The summed E-state index contributed by atoms with van der Waals surface area (Å²) in [4.78, 5) is 26.4. The van der Waals surface area contributed by atoms with Crippen molar-refractivity contribution in [3.05, 3.63) is 41.0 Å². The van der Waals surface area contributed by atoms with Crippen LogP contribution in [0.3, 0.4) is 0 Å². The minimum absolute atomic E-state index is 0.00930. The van der Waals surface area contributed by atoms with Crippen LogP contribution in [0.1, 0.15) is 18.4 Å². The summed E-state index contributed by atoms with van der Waals surface area (Å²) >= 11 is 6.46. The maximum Gasteiger partial charge on any atom is 0.224 e. The number of rotatable bonds is 5. The van der Waals surface area contributed by atoms with Crippen molar-refractivity contribution in [2.45, 2.75) is 25.3 Å². The van der Waals surface area contributed by atoms with Gasteiger partial charge in [-0.05, 0) is 38.5 Å². The second-order valence-corrected chi connectivity index (χ2v) is 7.94. The number of anilines is 1. The molecule has 7 nitrogen and oxygen atoms in total. The largest absolute Gasteiger partial charge is 0.379 e. The molecule has 0 atom stereocenters. The third kappa shape index (κ3) is 4.36. The van der Waals surface area contributed by atoms with Crippen molar-refractivity contribution in [1.82, 2.24) is 25.2 Å². The topological polar surface area (TPSA) is 85.9 Å². The van der Waals surface area contributed by atoms with Crippen LogP contribution in [-0.4, -0.2) is 59.0 Å². The van der Waals surface area contributed by atoms with Crippen LogP contribution in [0.2, 0.25) is 5.02 Å². The Morgan fingerprint density at radius 2 is 2.00 bits per heavy atom. The van der Waals surface area contributed by atoms with Crippen molar-refractivity contribution in [3.8, 4) is 11.4 Å². The second kappa shape index (κ2) is 8.39. The third-order valence-electron chi connectivity index (χ3n) is 5.41. The van der Waals surface area contributed by atoms with Gasteiger partial charge in [0.05, 0.1) is 23.3 Å². The lowest BCUT2D eigenvalue weighted by molar-refractivity contribution is -0.119. The van der Waals surface area contributed by atoms with Crippen LogP contribution in [0.25, 0.3) is 22.6 Å². The van der Waals surface area contributed by atoms with E-state index in [1.165, 1.54) is 0 Å². The number of aromatic nitrogens is 3. The van der Waals surface area contributed by atoms with Crippen LogP contribution in [0, 0.1) is 0 Å². The number of benzene rings is 1. The molecule has 1 fully saturated rings. The van der Waals surface area contributed by atoms with Crippen molar-refractivity contribution < 1.29 is 4.79 Å². The molecule has 0 aliphatic carbocycles. The Balaban J connectivity index is 1.60. The number of amides is 1. The van der Waals surface area contributed by atoms with Crippen LogP contribution in [0.15, 0.2) is 30.5 Å². The summed E-state index contributed by atoms with van der Waals surface area (Å²) < 4.78 is 0. The molecular weight excluding hydrogens is 388 g/mol. The average Bonchev–Trinajstić information content (AvgIpc) is 3.16. The molecule has 3 heterocycles. The number of fused-ring (bicyclic) bond motifs is 1. The van der Waals surface area contributed by atoms with Gasteiger partial charge >= 0.3 is 0 Å². The molecule has 1 amide bonds. The lowest BCUT2D eigenvalue weighted by Crippen LogP contribution is -2.36. The lowest BCUT2D eigenvalue weighted by Gasteiger charge is -2.30. The molecule has 0 unspecified atom stereocenters. The molecule has 8 heteroatoms. The molecule has 0 spiro atoms. The van der Waals surface area contributed by atoms with Gasteiger partial charge in [-0.2, -0.15) is 0 Å². The molecule has 3 aromatic rings. The van der Waals surface area contributed by atoms with Crippen molar-refractivity contribution >= 4 is 34.4 Å². The Labute approximate surface area is 174 Å². The summed E-state index contributed by atoms with van der Waals surface area (Å²) in [5, 5.41) is 6.81. The number of likely N-dealkylation sites (tertiary alicyclic amines) is 1. The number of halogens is 1. The van der Waals surface area contributed by atoms with E-state index in [-0.39, 0.29) is 5.91 Å². The lowest BCUT2D eigenvalue weighted by atomic mass is 10.1. The Morgan fingerprint density at radius 3 is 2.69 bits per heavy atom. The maximum absolute atomic E-state index is 11.5. The Kier molecular flexibility index (Phi) is 5.69. The van der Waals surface area contributed by atoms with E-state index in [0.29, 0.717) is 23.1 Å². The summed E-state index contributed by atoms with van der Waals surface area (Å²) in [5.74, 6) is 0.720. The van der Waals surface area contributed by atoms with E-state index in [1.54, 1.807) is 13.2 Å². The Morgan fingerprint density at radius 1 is 1.28 bits per heavy atom. The number of carbonyl (C=O) groups is 1. The first-order valence-electron chi connectivity index (χ1n) is 9.82. The normalized spacial score (nSPS) is 15.6. The number of hydrogen-bond acceptors (Lipinski definition) is 5.